The predicted molar refractivity (Wildman–Crippen MR) is 662 cm³/mol. The molecular weight excluding hydrogens is 1940 g/mol. The van der Waals surface area contributed by atoms with Crippen molar-refractivity contribution < 1.29 is 30.3 Å². The first-order valence-electron chi connectivity index (χ1n) is 56.8. The molecule has 8 aromatic rings. The van der Waals surface area contributed by atoms with Crippen LogP contribution in [0.3, 0.4) is 0 Å². The third-order valence-electron chi connectivity index (χ3n) is 35.6. The number of allylic oxidation sites excluding steroid dienone is 10. The van der Waals surface area contributed by atoms with Crippen molar-refractivity contribution >= 4 is 62.5 Å². The average molecular weight is 2150 g/mol. The van der Waals surface area contributed by atoms with Gasteiger partial charge in [-0.1, -0.05) is 439 Å². The Labute approximate surface area is 928 Å². The van der Waals surface area contributed by atoms with Crippen molar-refractivity contribution in [3.63, 3.8) is 0 Å². The molecule has 2 fully saturated rings. The van der Waals surface area contributed by atoms with Gasteiger partial charge in [0, 0.05) is 27.8 Å². The summed E-state index contributed by atoms with van der Waals surface area (Å²) in [4.78, 5) is 0. The Balaban J connectivity index is 0.000000236. The van der Waals surface area contributed by atoms with Gasteiger partial charge in [0.15, 0.2) is 0 Å². The monoisotopic (exact) mass is 2140 g/mol. The Hall–Kier alpha value is -6.56. The molecule has 0 saturated heterocycles. The van der Waals surface area contributed by atoms with Crippen LogP contribution in [-0.2, 0) is 48.3 Å². The van der Waals surface area contributed by atoms with Gasteiger partial charge in [0.2, 0.25) is 0 Å². The summed E-state index contributed by atoms with van der Waals surface area (Å²) in [5, 5.41) is 0. The van der Waals surface area contributed by atoms with E-state index in [1.807, 2.05) is 14.2 Å². The molecule has 7 heteroatoms. The van der Waals surface area contributed by atoms with E-state index in [0.29, 0.717) is 111 Å². The zero-order valence-corrected chi connectivity index (χ0v) is 109. The third kappa shape index (κ3) is 24.9. The molecule has 15 rings (SSSR count). The summed E-state index contributed by atoms with van der Waals surface area (Å²) in [7, 11) is 9.51. The quantitative estimate of drug-likeness (QED) is 0.0527. The third-order valence-corrected chi connectivity index (χ3v) is 45.4. The molecule has 0 spiro atoms. The molecule has 0 heterocycles. The molecule has 2 saturated carbocycles. The van der Waals surface area contributed by atoms with Gasteiger partial charge in [0.05, 0.1) is 30.4 Å². The van der Waals surface area contributed by atoms with Gasteiger partial charge >= 0.3 is 37.9 Å². The van der Waals surface area contributed by atoms with Gasteiger partial charge in [-0.2, -0.15) is 0 Å². The van der Waals surface area contributed by atoms with Crippen molar-refractivity contribution in [1.82, 2.24) is 0 Å². The Bertz CT molecular complexity index is 6280. The van der Waals surface area contributed by atoms with Gasteiger partial charge in [-0.05, 0) is 366 Å². The zero-order chi connectivity index (χ0) is 109. The van der Waals surface area contributed by atoms with E-state index in [9.17, 15) is 0 Å². The van der Waals surface area contributed by atoms with E-state index in [0.717, 1.165) is 23.5 Å². The van der Waals surface area contributed by atoms with Gasteiger partial charge in [0.25, 0.3) is 0 Å². The SMILES string of the molecule is CC1=Cc2cc(C(C)(C)C)c(C)c(-c3cc(C(C)C)cc(C(C)C)c3)c2C1.COC1=C(c2cc(C(C)C)cc(C(C)C)c2)C2CC(C)C([Si](C)(C)C3C(C)CC4C(c5cc(C(C)C)cc(C(C)C)c5)=C(C)C(C(C)(C)C)=CC43)C2C=C1C(C)(C)C.COc1c(C(C)(C)C)cc2c(c1-c1cc(C(C)C)cc(C(C)C)c1)C=C(C)C2[Si](C)(C)C1C(C)=Cc2c1cc(C(C)(C)C)c(C)c2-c1cc(C(C)C)cc(C(C)C)c1.[CH3-].[CH3-].[Cl][Zr+2][Cl]. The minimum absolute atomic E-state index is 0. The molecule has 0 N–H and O–H groups in total. The molecule has 0 amide bonds. The van der Waals surface area contributed by atoms with Crippen molar-refractivity contribution in [2.45, 2.75) is 441 Å². The summed E-state index contributed by atoms with van der Waals surface area (Å²) >= 11 is -0.826. The summed E-state index contributed by atoms with van der Waals surface area (Å²) < 4.78 is 13.1. The van der Waals surface area contributed by atoms with Crippen molar-refractivity contribution in [1.29, 1.82) is 0 Å². The maximum absolute atomic E-state index is 6.61. The van der Waals surface area contributed by atoms with Crippen molar-refractivity contribution in [2.75, 3.05) is 14.2 Å². The Morgan fingerprint density at radius 3 is 0.953 bits per heavy atom. The fourth-order valence-electron chi connectivity index (χ4n) is 28.3. The van der Waals surface area contributed by atoms with E-state index < -0.39 is 37.0 Å². The van der Waals surface area contributed by atoms with Gasteiger partial charge in [-0.3, -0.25) is 0 Å². The second-order valence-corrected chi connectivity index (χ2v) is 69.5. The normalized spacial score (nSPS) is 20.4. The van der Waals surface area contributed by atoms with Crippen molar-refractivity contribution in [3.8, 4) is 39.1 Å². The van der Waals surface area contributed by atoms with Crippen LogP contribution in [0.1, 0.15) is 495 Å². The van der Waals surface area contributed by atoms with E-state index in [4.69, 9.17) is 26.5 Å². The van der Waals surface area contributed by atoms with Crippen LogP contribution >= 0.6 is 17.0 Å². The Morgan fingerprint density at radius 2 is 0.628 bits per heavy atom. The van der Waals surface area contributed by atoms with E-state index in [-0.39, 0.29) is 41.9 Å². The van der Waals surface area contributed by atoms with Crippen LogP contribution in [-0.4, -0.2) is 30.4 Å². The molecule has 7 aliphatic rings. The van der Waals surface area contributed by atoms with Gasteiger partial charge in [-0.15, -0.1) is 0 Å². The standard InChI is InChI=1S/C56H84OSi.C56H76OSi.C27H36.2CH3.2ClH.Zr/c2*1-31(2)38-23-39(32(3)4)26-42(25-38)50-37(11)48(55(12,13)14)29-46-44(50)21-35(9)53(46)58(19,20)54-36(10)22-45-47(54)30-49(56(15,16)17)52(57-18)51(45)43-27-40(33(5)6)24-41(28-43)34(7)8;1-16(2)20-12-21(17(3)4)14-23(13-20)26-19(6)25(27(7,8)9)15-22-10-18(5)11-24(22)26;;;;;/h23-36,44-47,53-54H,21-22H2,1-20H3;21-34,53-54H,1-20H3;10,12-17H,11H2,1-9H3;2*1H3;2*1H;/q;;;2*-1;;;+4/p-2. The van der Waals surface area contributed by atoms with Crippen LogP contribution in [0.25, 0.3) is 62.8 Å². The molecule has 7 aliphatic carbocycles. The summed E-state index contributed by atoms with van der Waals surface area (Å²) in [6.45, 7) is 113. The number of halogens is 2. The molecule has 2 nitrogen and oxygen atoms in total. The van der Waals surface area contributed by atoms with Gasteiger partial charge in [0.1, 0.15) is 11.5 Å². The molecule has 0 radical (unpaired) electrons. The van der Waals surface area contributed by atoms with E-state index in [1.165, 1.54) is 196 Å². The fraction of sp³-hybridized carbons (Fsp3) is 0.546. The summed E-state index contributed by atoms with van der Waals surface area (Å²) in [5.41, 5.74) is 56.2. The molecular formula is C141H202Cl2O2Si2Zr. The second kappa shape index (κ2) is 46.8. The first-order chi connectivity index (χ1) is 67.5. The van der Waals surface area contributed by atoms with E-state index >= 15 is 0 Å². The summed E-state index contributed by atoms with van der Waals surface area (Å²) in [6.07, 6.45) is 16.8. The van der Waals surface area contributed by atoms with Crippen LogP contribution in [0, 0.1) is 75.0 Å². The zero-order valence-electron chi connectivity index (χ0n) is 103. The van der Waals surface area contributed by atoms with Gasteiger partial charge in [-0.25, -0.2) is 0 Å². The van der Waals surface area contributed by atoms with Crippen molar-refractivity contribution in [2.24, 2.45) is 46.3 Å². The molecule has 8 aromatic carbocycles. The number of methoxy groups -OCH3 is 2. The molecule has 148 heavy (non-hydrogen) atoms. The van der Waals surface area contributed by atoms with E-state index in [1.54, 1.807) is 22.3 Å². The molecule has 804 valence electrons. The first-order valence-corrected chi connectivity index (χ1v) is 69.4. The maximum atomic E-state index is 6.61. The summed E-state index contributed by atoms with van der Waals surface area (Å²) in [6, 6.07) is 45.0. The number of rotatable bonds is 21. The molecule has 0 bridgehead atoms. The number of benzene rings is 8. The molecule has 0 aliphatic heterocycles. The summed E-state index contributed by atoms with van der Waals surface area (Å²) in [5.74, 6) is 10.6. The van der Waals surface area contributed by atoms with Crippen LogP contribution < -0.4 is 4.74 Å². The molecule has 0 aromatic heterocycles. The van der Waals surface area contributed by atoms with Crippen molar-refractivity contribution in [3.05, 3.63) is 303 Å². The fourth-order valence-corrected chi connectivity index (χ4v) is 39.5. The first kappa shape index (κ1) is 123. The van der Waals surface area contributed by atoms with Gasteiger partial charge < -0.3 is 24.3 Å². The topological polar surface area (TPSA) is 18.5 Å². The van der Waals surface area contributed by atoms with Crippen LogP contribution in [0.5, 0.6) is 5.75 Å². The molecule has 10 unspecified atom stereocenters. The van der Waals surface area contributed by atoms with E-state index in [2.05, 4.69) is 463 Å². The van der Waals surface area contributed by atoms with Crippen LogP contribution in [0.4, 0.5) is 0 Å². The molecule has 10 atom stereocenters. The van der Waals surface area contributed by atoms with Crippen LogP contribution in [0.15, 0.2) is 161 Å². The average Bonchev–Trinajstić information content (AvgIpc) is 1.55. The second-order valence-electron chi connectivity index (χ2n) is 56.0. The number of hydrogen-bond acceptors (Lipinski definition) is 2. The number of ether oxygens (including phenoxy) is 2. The minimum atomic E-state index is -2.22. The predicted octanol–water partition coefficient (Wildman–Crippen LogP) is 44.3. The number of hydrogen-bond donors (Lipinski definition) is 0. The van der Waals surface area contributed by atoms with Crippen LogP contribution in [0.2, 0.25) is 37.3 Å². The Morgan fingerprint density at radius 1 is 0.338 bits per heavy atom. The number of fused-ring (bicyclic) bond motifs is 5. The Kier molecular flexibility index (Phi) is 39.0.